The fourth-order valence-corrected chi connectivity index (χ4v) is 3.89. The molecule has 5 aromatic rings. The van der Waals surface area contributed by atoms with Crippen LogP contribution in [0.4, 0.5) is 5.69 Å². The van der Waals surface area contributed by atoms with E-state index in [1.54, 1.807) is 35.4 Å². The van der Waals surface area contributed by atoms with Crippen LogP contribution in [-0.4, -0.2) is 10.9 Å². The average Bonchev–Trinajstić information content (AvgIpc) is 2.83. The lowest BCUT2D eigenvalue weighted by atomic mass is 10.1. The molecule has 0 fully saturated rings. The van der Waals surface area contributed by atoms with E-state index in [1.165, 1.54) is 6.26 Å². The number of hydrogen-bond donors (Lipinski definition) is 0. The summed E-state index contributed by atoms with van der Waals surface area (Å²) in [5.74, 6) is -0.410. The minimum absolute atomic E-state index is 0.000649. The molecule has 0 radical (unpaired) electrons. The van der Waals surface area contributed by atoms with Crippen LogP contribution in [0.1, 0.15) is 21.5 Å². The van der Waals surface area contributed by atoms with Crippen LogP contribution in [0.25, 0.3) is 21.9 Å². The first kappa shape index (κ1) is 19.7. The van der Waals surface area contributed by atoms with Gasteiger partial charge in [0.1, 0.15) is 17.4 Å². The van der Waals surface area contributed by atoms with Gasteiger partial charge in [-0.05, 0) is 48.4 Å². The molecule has 0 aliphatic carbocycles. The van der Waals surface area contributed by atoms with Crippen molar-refractivity contribution >= 4 is 33.5 Å². The van der Waals surface area contributed by atoms with Gasteiger partial charge in [-0.25, -0.2) is 0 Å². The average molecular weight is 420 g/mol. The van der Waals surface area contributed by atoms with E-state index >= 15 is 0 Å². The van der Waals surface area contributed by atoms with Gasteiger partial charge in [0.2, 0.25) is 5.43 Å². The molecular weight excluding hydrogens is 400 g/mol. The molecule has 0 saturated carbocycles. The van der Waals surface area contributed by atoms with Crippen molar-refractivity contribution in [2.24, 2.45) is 0 Å². The standard InChI is InChI=1S/C27H20N2O3/c1-18-8-2-6-12-24(18)29(16-19-14-20-9-3-5-11-23(20)28-15-19)27(31)22-17-32-25-13-7-4-10-21(25)26(22)30/h2-15,17H,16H2,1H3. The van der Waals surface area contributed by atoms with Gasteiger partial charge in [-0.3, -0.25) is 14.6 Å². The number of amides is 1. The maximum absolute atomic E-state index is 13.7. The number of carbonyl (C=O) groups is 1. The summed E-state index contributed by atoms with van der Waals surface area (Å²) >= 11 is 0. The van der Waals surface area contributed by atoms with Gasteiger partial charge in [0.05, 0.1) is 17.4 Å². The first-order valence-electron chi connectivity index (χ1n) is 10.3. The summed E-state index contributed by atoms with van der Waals surface area (Å²) in [5, 5.41) is 1.38. The largest absolute Gasteiger partial charge is 0.463 e. The maximum Gasteiger partial charge on any atom is 0.265 e. The molecule has 5 rings (SSSR count). The van der Waals surface area contributed by atoms with Gasteiger partial charge >= 0.3 is 0 Å². The smallest absolute Gasteiger partial charge is 0.265 e. The van der Waals surface area contributed by atoms with Crippen molar-refractivity contribution in [3.05, 3.63) is 118 Å². The van der Waals surface area contributed by atoms with Gasteiger partial charge < -0.3 is 9.32 Å². The Morgan fingerprint density at radius 3 is 2.59 bits per heavy atom. The van der Waals surface area contributed by atoms with Crippen molar-refractivity contribution < 1.29 is 9.21 Å². The van der Waals surface area contributed by atoms with Crippen molar-refractivity contribution in [1.29, 1.82) is 0 Å². The molecule has 0 aliphatic rings. The number of aromatic nitrogens is 1. The van der Waals surface area contributed by atoms with E-state index in [0.717, 1.165) is 27.7 Å². The zero-order valence-electron chi connectivity index (χ0n) is 17.5. The number of nitrogens with zero attached hydrogens (tertiary/aromatic N) is 2. The van der Waals surface area contributed by atoms with Crippen LogP contribution in [0.3, 0.4) is 0 Å². The highest BCUT2D eigenvalue weighted by Gasteiger charge is 2.24. The molecule has 0 atom stereocenters. The normalized spacial score (nSPS) is 11.0. The molecule has 5 nitrogen and oxygen atoms in total. The monoisotopic (exact) mass is 420 g/mol. The molecule has 3 aromatic carbocycles. The number of hydrogen-bond acceptors (Lipinski definition) is 4. The highest BCUT2D eigenvalue weighted by Crippen LogP contribution is 2.25. The number of rotatable bonds is 4. The summed E-state index contributed by atoms with van der Waals surface area (Å²) in [6, 6.07) is 24.4. The van der Waals surface area contributed by atoms with Crippen LogP contribution in [0.2, 0.25) is 0 Å². The Morgan fingerprint density at radius 2 is 1.72 bits per heavy atom. The van der Waals surface area contributed by atoms with E-state index in [4.69, 9.17) is 4.42 Å². The predicted molar refractivity (Wildman–Crippen MR) is 126 cm³/mol. The number of pyridine rings is 1. The van der Waals surface area contributed by atoms with Gasteiger partial charge in [0.15, 0.2) is 0 Å². The van der Waals surface area contributed by atoms with E-state index < -0.39 is 5.91 Å². The molecule has 0 unspecified atom stereocenters. The third-order valence-electron chi connectivity index (χ3n) is 5.55. The summed E-state index contributed by atoms with van der Waals surface area (Å²) in [5.41, 5.74) is 3.53. The molecule has 0 aliphatic heterocycles. The fraction of sp³-hybridized carbons (Fsp3) is 0.0741. The first-order chi connectivity index (χ1) is 15.6. The Morgan fingerprint density at radius 1 is 0.969 bits per heavy atom. The Bertz CT molecular complexity index is 1520. The summed E-state index contributed by atoms with van der Waals surface area (Å²) in [7, 11) is 0. The van der Waals surface area contributed by atoms with E-state index in [0.29, 0.717) is 11.0 Å². The minimum Gasteiger partial charge on any atom is -0.463 e. The van der Waals surface area contributed by atoms with Crippen molar-refractivity contribution in [1.82, 2.24) is 4.98 Å². The highest BCUT2D eigenvalue weighted by atomic mass is 16.3. The van der Waals surface area contributed by atoms with Gasteiger partial charge in [-0.2, -0.15) is 0 Å². The number of aryl methyl sites for hydroxylation is 1. The predicted octanol–water partition coefficient (Wildman–Crippen LogP) is 5.50. The third-order valence-corrected chi connectivity index (χ3v) is 5.55. The summed E-state index contributed by atoms with van der Waals surface area (Å²) in [4.78, 5) is 32.9. The topological polar surface area (TPSA) is 63.4 Å². The summed E-state index contributed by atoms with van der Waals surface area (Å²) in [6.07, 6.45) is 3.03. The fourth-order valence-electron chi connectivity index (χ4n) is 3.89. The molecule has 0 N–H and O–H groups in total. The molecular formula is C27H20N2O3. The van der Waals surface area contributed by atoms with Gasteiger partial charge in [-0.1, -0.05) is 48.5 Å². The van der Waals surface area contributed by atoms with Crippen molar-refractivity contribution in [2.45, 2.75) is 13.5 Å². The Hall–Kier alpha value is -4.25. The lowest BCUT2D eigenvalue weighted by Gasteiger charge is -2.24. The molecule has 0 spiro atoms. The Kier molecular flexibility index (Phi) is 5.00. The van der Waals surface area contributed by atoms with E-state index in [2.05, 4.69) is 4.98 Å². The van der Waals surface area contributed by atoms with Crippen LogP contribution < -0.4 is 10.3 Å². The second kappa shape index (κ2) is 8.12. The second-order valence-electron chi connectivity index (χ2n) is 7.69. The molecule has 2 aromatic heterocycles. The van der Waals surface area contributed by atoms with Crippen molar-refractivity contribution in [3.8, 4) is 0 Å². The third kappa shape index (κ3) is 3.54. The maximum atomic E-state index is 13.7. The summed E-state index contributed by atoms with van der Waals surface area (Å²) < 4.78 is 5.61. The Labute approximate surface area is 184 Å². The highest BCUT2D eigenvalue weighted by molar-refractivity contribution is 6.07. The lowest BCUT2D eigenvalue weighted by molar-refractivity contribution is 0.0982. The van der Waals surface area contributed by atoms with Crippen molar-refractivity contribution in [2.75, 3.05) is 4.90 Å². The molecule has 5 heteroatoms. The van der Waals surface area contributed by atoms with Crippen LogP contribution in [0.15, 0.2) is 101 Å². The zero-order valence-corrected chi connectivity index (χ0v) is 17.5. The quantitative estimate of drug-likeness (QED) is 0.385. The summed E-state index contributed by atoms with van der Waals surface area (Å²) in [6.45, 7) is 2.21. The number of fused-ring (bicyclic) bond motifs is 2. The van der Waals surface area contributed by atoms with Crippen LogP contribution in [0, 0.1) is 6.92 Å². The molecule has 32 heavy (non-hydrogen) atoms. The lowest BCUT2D eigenvalue weighted by Crippen LogP contribution is -2.34. The first-order valence-corrected chi connectivity index (χ1v) is 10.3. The number of para-hydroxylation sites is 3. The van der Waals surface area contributed by atoms with Crippen LogP contribution in [0.5, 0.6) is 0 Å². The van der Waals surface area contributed by atoms with Crippen LogP contribution >= 0.6 is 0 Å². The molecule has 2 heterocycles. The molecule has 1 amide bonds. The molecule has 156 valence electrons. The number of carbonyl (C=O) groups excluding carboxylic acids is 1. The Balaban J connectivity index is 1.61. The van der Waals surface area contributed by atoms with Crippen molar-refractivity contribution in [3.63, 3.8) is 0 Å². The van der Waals surface area contributed by atoms with E-state index in [9.17, 15) is 9.59 Å². The second-order valence-corrected chi connectivity index (χ2v) is 7.69. The van der Waals surface area contributed by atoms with Gasteiger partial charge in [0, 0.05) is 17.3 Å². The zero-order chi connectivity index (χ0) is 22.1. The minimum atomic E-state index is -0.410. The van der Waals surface area contributed by atoms with Gasteiger partial charge in [-0.15, -0.1) is 0 Å². The van der Waals surface area contributed by atoms with E-state index in [-0.39, 0.29) is 17.5 Å². The molecule has 0 saturated heterocycles. The SMILES string of the molecule is Cc1ccccc1N(Cc1cnc2ccccc2c1)C(=O)c1coc2ccccc2c1=O. The molecule has 0 bridgehead atoms. The van der Waals surface area contributed by atoms with Crippen LogP contribution in [-0.2, 0) is 6.54 Å². The number of anilines is 1. The van der Waals surface area contributed by atoms with E-state index in [1.807, 2.05) is 61.5 Å². The number of benzene rings is 3. The van der Waals surface area contributed by atoms with Gasteiger partial charge in [0.25, 0.3) is 5.91 Å².